The summed E-state index contributed by atoms with van der Waals surface area (Å²) in [6.07, 6.45) is 6.78. The molecule has 7 nitrogen and oxygen atoms in total. The van der Waals surface area contributed by atoms with E-state index in [0.717, 1.165) is 11.1 Å². The summed E-state index contributed by atoms with van der Waals surface area (Å²) in [6.45, 7) is 10.6. The molecule has 1 aromatic rings. The highest BCUT2D eigenvalue weighted by molar-refractivity contribution is 7.09. The predicted octanol–water partition coefficient (Wildman–Crippen LogP) is 3.80. The van der Waals surface area contributed by atoms with Crippen LogP contribution in [0.2, 0.25) is 0 Å². The average Bonchev–Trinajstić information content (AvgIpc) is 3.26. The first-order valence-corrected chi connectivity index (χ1v) is 13.0. The van der Waals surface area contributed by atoms with Crippen molar-refractivity contribution < 1.29 is 24.9 Å². The number of ketones is 1. The highest BCUT2D eigenvalue weighted by Crippen LogP contribution is 2.31. The molecule has 1 aromatic heterocycles. The molecular weight excluding hydrogens is 464 g/mol. The molecule has 2 heterocycles. The normalized spacial score (nSPS) is 29.6. The van der Waals surface area contributed by atoms with Crippen LogP contribution in [0.4, 0.5) is 0 Å². The molecule has 0 aliphatic carbocycles. The molecule has 0 saturated heterocycles. The lowest BCUT2D eigenvalue weighted by molar-refractivity contribution is -0.143. The van der Waals surface area contributed by atoms with Gasteiger partial charge in [-0.15, -0.1) is 11.3 Å². The van der Waals surface area contributed by atoms with E-state index in [9.17, 15) is 24.9 Å². The fraction of sp³-hybridized carbons (Fsp3) is 0.593. The van der Waals surface area contributed by atoms with Gasteiger partial charge in [-0.25, -0.2) is 4.98 Å². The Balaban J connectivity index is 2.37. The van der Waals surface area contributed by atoms with Gasteiger partial charge in [0.1, 0.15) is 10.8 Å². The molecule has 0 spiro atoms. The molecule has 1 aliphatic heterocycles. The molecule has 0 bridgehead atoms. The summed E-state index contributed by atoms with van der Waals surface area (Å²) in [7, 11) is 0. The smallest absolute Gasteiger partial charge is 0.223 e. The first-order chi connectivity index (χ1) is 16.4. The lowest BCUT2D eigenvalue weighted by Crippen LogP contribution is -2.47. The van der Waals surface area contributed by atoms with E-state index in [2.05, 4.69) is 10.3 Å². The predicted molar refractivity (Wildman–Crippen MR) is 139 cm³/mol. The third kappa shape index (κ3) is 7.93. The number of Topliss-reactive ketones (excluding diaryl/α,β-unsaturated/α-hetero) is 1. The quantitative estimate of drug-likeness (QED) is 0.497. The van der Waals surface area contributed by atoms with Crippen molar-refractivity contribution in [1.29, 1.82) is 0 Å². The molecule has 35 heavy (non-hydrogen) atoms. The number of carbonyl (C=O) groups is 2. The molecule has 194 valence electrons. The van der Waals surface area contributed by atoms with Crippen LogP contribution < -0.4 is 5.32 Å². The molecule has 0 unspecified atom stereocenters. The first-order valence-electron chi connectivity index (χ1n) is 12.1. The minimum Gasteiger partial charge on any atom is -0.392 e. The fourth-order valence-corrected chi connectivity index (χ4v) is 4.83. The zero-order valence-corrected chi connectivity index (χ0v) is 22.4. The Morgan fingerprint density at radius 1 is 1.26 bits per heavy atom. The number of hydrogen-bond acceptors (Lipinski definition) is 7. The van der Waals surface area contributed by atoms with Crippen molar-refractivity contribution in [1.82, 2.24) is 10.3 Å². The zero-order chi connectivity index (χ0) is 26.3. The third-order valence-electron chi connectivity index (χ3n) is 6.89. The van der Waals surface area contributed by atoms with Crippen LogP contribution in [0.1, 0.15) is 71.5 Å². The SMILES string of the molecule is CC1=CC[C@@H](C(C)=Cc2csc(CO)n2)NC(=O)C[C@H](O)C(C)(C)C(=O)[C@H](C)[C@@H](O)[C@@H](C)CC=C1. The Hall–Kier alpha value is -2.13. The molecular formula is C27H40N2O5S. The van der Waals surface area contributed by atoms with Gasteiger partial charge in [-0.3, -0.25) is 9.59 Å². The van der Waals surface area contributed by atoms with Gasteiger partial charge < -0.3 is 20.6 Å². The van der Waals surface area contributed by atoms with E-state index >= 15 is 0 Å². The minimum atomic E-state index is -1.19. The molecule has 5 atom stereocenters. The van der Waals surface area contributed by atoms with E-state index in [1.165, 1.54) is 11.3 Å². The second kappa shape index (κ2) is 12.7. The van der Waals surface area contributed by atoms with Gasteiger partial charge in [0.2, 0.25) is 5.91 Å². The number of thiazole rings is 1. The van der Waals surface area contributed by atoms with Gasteiger partial charge in [0.05, 0.1) is 42.4 Å². The Bertz CT molecular complexity index is 978. The molecule has 0 aromatic carbocycles. The number of carbonyl (C=O) groups excluding carboxylic acids is 2. The second-order valence-electron chi connectivity index (χ2n) is 10.2. The standard InChI is InChI=1S/C27H40N2O5S/c1-16-8-7-9-17(2)25(33)19(4)26(34)27(5,6)22(31)13-23(32)29-21(11-10-16)18(3)12-20-15-35-24(14-30)28-20/h7-8,10,12,15,17,19,21-22,25,30-31,33H,9,11,13-14H2,1-6H3,(H,29,32)/t17-,19+,21-,22-,25-/m0/s1. The highest BCUT2D eigenvalue weighted by atomic mass is 32.1. The maximum absolute atomic E-state index is 13.2. The van der Waals surface area contributed by atoms with Crippen molar-refractivity contribution in [3.8, 4) is 0 Å². The zero-order valence-electron chi connectivity index (χ0n) is 21.6. The van der Waals surface area contributed by atoms with Gasteiger partial charge in [0.25, 0.3) is 0 Å². The van der Waals surface area contributed by atoms with Gasteiger partial charge in [-0.05, 0) is 44.3 Å². The van der Waals surface area contributed by atoms with Crippen molar-refractivity contribution in [3.63, 3.8) is 0 Å². The summed E-state index contributed by atoms with van der Waals surface area (Å²) in [4.78, 5) is 30.5. The molecule has 4 N–H and O–H groups in total. The van der Waals surface area contributed by atoms with Crippen molar-refractivity contribution >= 4 is 29.1 Å². The van der Waals surface area contributed by atoms with Crippen LogP contribution in [0.3, 0.4) is 0 Å². The van der Waals surface area contributed by atoms with Crippen LogP contribution in [0.15, 0.2) is 34.8 Å². The van der Waals surface area contributed by atoms with Gasteiger partial charge in [0.15, 0.2) is 0 Å². The lowest BCUT2D eigenvalue weighted by atomic mass is 9.73. The molecule has 0 saturated carbocycles. The van der Waals surface area contributed by atoms with E-state index in [4.69, 9.17) is 0 Å². The number of allylic oxidation sites excluding steroid dienone is 3. The van der Waals surface area contributed by atoms with Crippen molar-refractivity contribution in [3.05, 3.63) is 45.5 Å². The van der Waals surface area contributed by atoms with E-state index < -0.39 is 23.5 Å². The van der Waals surface area contributed by atoms with Crippen molar-refractivity contribution in [2.45, 2.75) is 85.7 Å². The maximum Gasteiger partial charge on any atom is 0.223 e. The van der Waals surface area contributed by atoms with Crippen LogP contribution in [0, 0.1) is 17.3 Å². The average molecular weight is 505 g/mol. The van der Waals surface area contributed by atoms with Crippen molar-refractivity contribution in [2.75, 3.05) is 0 Å². The number of hydrogen-bond donors (Lipinski definition) is 4. The summed E-state index contributed by atoms with van der Waals surface area (Å²) < 4.78 is 0. The van der Waals surface area contributed by atoms with Crippen LogP contribution in [0.5, 0.6) is 0 Å². The largest absolute Gasteiger partial charge is 0.392 e. The Labute approximate surface area is 212 Å². The van der Waals surface area contributed by atoms with E-state index in [0.29, 0.717) is 23.5 Å². The summed E-state index contributed by atoms with van der Waals surface area (Å²) in [5.74, 6) is -1.43. The van der Waals surface area contributed by atoms with Crippen LogP contribution in [-0.4, -0.2) is 50.2 Å². The molecule has 0 radical (unpaired) electrons. The fourth-order valence-electron chi connectivity index (χ4n) is 4.22. The number of amides is 1. The van der Waals surface area contributed by atoms with E-state index in [1.54, 1.807) is 20.8 Å². The molecule has 2 rings (SSSR count). The Kier molecular flexibility index (Phi) is 10.6. The second-order valence-corrected chi connectivity index (χ2v) is 11.2. The van der Waals surface area contributed by atoms with Gasteiger partial charge in [-0.2, -0.15) is 0 Å². The Morgan fingerprint density at radius 2 is 1.94 bits per heavy atom. The number of nitrogens with one attached hydrogen (secondary N) is 1. The maximum atomic E-state index is 13.2. The van der Waals surface area contributed by atoms with Crippen LogP contribution in [0.25, 0.3) is 6.08 Å². The van der Waals surface area contributed by atoms with Crippen LogP contribution >= 0.6 is 11.3 Å². The topological polar surface area (TPSA) is 120 Å². The molecule has 1 aliphatic rings. The summed E-state index contributed by atoms with van der Waals surface area (Å²) in [6, 6.07) is -0.330. The lowest BCUT2D eigenvalue weighted by Gasteiger charge is -2.34. The number of aromatic nitrogens is 1. The van der Waals surface area contributed by atoms with Crippen molar-refractivity contribution in [2.24, 2.45) is 17.3 Å². The number of aliphatic hydroxyl groups excluding tert-OH is 3. The molecule has 8 heteroatoms. The third-order valence-corrected chi connectivity index (χ3v) is 7.74. The summed E-state index contributed by atoms with van der Waals surface area (Å²) in [5.41, 5.74) is 1.43. The number of nitrogens with zero attached hydrogens (tertiary/aromatic N) is 1. The minimum absolute atomic E-state index is 0.118. The van der Waals surface area contributed by atoms with Gasteiger partial charge >= 0.3 is 0 Å². The van der Waals surface area contributed by atoms with E-state index in [1.807, 2.05) is 50.5 Å². The summed E-state index contributed by atoms with van der Waals surface area (Å²) in [5, 5.41) is 36.4. The number of rotatable bonds is 3. The van der Waals surface area contributed by atoms with Gasteiger partial charge in [0, 0.05) is 11.3 Å². The number of aliphatic hydroxyl groups is 3. The highest BCUT2D eigenvalue weighted by Gasteiger charge is 2.42. The van der Waals surface area contributed by atoms with Gasteiger partial charge in [-0.1, -0.05) is 51.5 Å². The molecule has 0 fully saturated rings. The summed E-state index contributed by atoms with van der Waals surface area (Å²) >= 11 is 1.37. The van der Waals surface area contributed by atoms with Crippen LogP contribution in [-0.2, 0) is 16.2 Å². The Morgan fingerprint density at radius 3 is 2.57 bits per heavy atom. The molecule has 1 amide bonds. The van der Waals surface area contributed by atoms with E-state index in [-0.39, 0.29) is 36.7 Å². The first kappa shape index (κ1) is 29.1. The monoisotopic (exact) mass is 504 g/mol.